The molecule has 0 unspecified atom stereocenters. The van der Waals surface area contributed by atoms with Gasteiger partial charge in [0.15, 0.2) is 0 Å². The lowest BCUT2D eigenvalue weighted by Gasteiger charge is -2.46. The summed E-state index contributed by atoms with van der Waals surface area (Å²) in [6.45, 7) is 21.5. The number of thioether (sulfide) groups is 2. The van der Waals surface area contributed by atoms with Crippen LogP contribution < -0.4 is 5.32 Å². The quantitative estimate of drug-likeness (QED) is 0.0436. The summed E-state index contributed by atoms with van der Waals surface area (Å²) >= 11 is 3.11. The molecular formula is C59H76N8O16S2. The molecule has 10 rings (SSSR count). The number of benzene rings is 2. The van der Waals surface area contributed by atoms with E-state index in [4.69, 9.17) is 14.2 Å². The second kappa shape index (κ2) is 26.4. The van der Waals surface area contributed by atoms with E-state index >= 15 is 0 Å². The number of carbonyl (C=O) groups excluding carboxylic acids is 7. The predicted molar refractivity (Wildman–Crippen MR) is 312 cm³/mol. The highest BCUT2D eigenvalue weighted by molar-refractivity contribution is 8.04. The number of nitro benzene ring substituents is 2. The van der Waals surface area contributed by atoms with Gasteiger partial charge >= 0.3 is 30.0 Å². The van der Waals surface area contributed by atoms with Gasteiger partial charge in [-0.2, -0.15) is 0 Å². The van der Waals surface area contributed by atoms with E-state index in [1.54, 1.807) is 30.5 Å². The molecule has 8 aliphatic rings. The molecule has 24 nitrogen and oxygen atoms in total. The summed E-state index contributed by atoms with van der Waals surface area (Å²) < 4.78 is 15.9. The predicted octanol–water partition coefficient (Wildman–Crippen LogP) is 5.96. The van der Waals surface area contributed by atoms with E-state index in [9.17, 15) is 64.0 Å². The largest absolute Gasteiger partial charge is 0.444 e. The topological polar surface area (TPSA) is 302 Å². The number of likely N-dealkylation sites (tertiary alicyclic amines) is 3. The number of aliphatic hydroxyl groups is 2. The van der Waals surface area contributed by atoms with Crippen LogP contribution in [0.4, 0.5) is 16.2 Å². The van der Waals surface area contributed by atoms with E-state index < -0.39 is 69.4 Å². The first-order chi connectivity index (χ1) is 40.3. The molecule has 2 aromatic rings. The summed E-state index contributed by atoms with van der Waals surface area (Å²) in [4.78, 5) is 122. The van der Waals surface area contributed by atoms with Crippen LogP contribution in [-0.4, -0.2) is 192 Å². The van der Waals surface area contributed by atoms with Crippen molar-refractivity contribution in [2.45, 2.75) is 127 Å². The highest BCUT2D eigenvalue weighted by Crippen LogP contribution is 2.54. The van der Waals surface area contributed by atoms with Gasteiger partial charge in [0.05, 0.1) is 57.1 Å². The van der Waals surface area contributed by atoms with E-state index in [-0.39, 0.29) is 80.2 Å². The van der Waals surface area contributed by atoms with Crippen LogP contribution in [0.2, 0.25) is 0 Å². The number of β-lactam (4-membered cyclic amide) rings is 2. The van der Waals surface area contributed by atoms with Crippen LogP contribution in [0.1, 0.15) is 108 Å². The van der Waals surface area contributed by atoms with Gasteiger partial charge < -0.3 is 54.2 Å². The zero-order chi connectivity index (χ0) is 61.3. The van der Waals surface area contributed by atoms with Crippen LogP contribution in [0.3, 0.4) is 0 Å². The van der Waals surface area contributed by atoms with Crippen LogP contribution in [-0.2, 0) is 33.4 Å². The van der Waals surface area contributed by atoms with Crippen molar-refractivity contribution in [1.82, 2.24) is 29.8 Å². The third-order valence-electron chi connectivity index (χ3n) is 17.4. The Morgan fingerprint density at radius 1 is 0.624 bits per heavy atom. The lowest BCUT2D eigenvalue weighted by atomic mass is 9.79. The SMILES string of the molecule is C[C@@H](O)[C@H]1C(=O)N2C(C(=O)OC(=O)c3ccc([N+](=O)[O-])cc3)=C(S[C@@H]3CCN(CC4CCN(C(=O)OC(C)(C)C)CC4)C3)[C@H](C)[C@H]12.C[C@@H](O)[C@H]1C(=O)N2C(C(=O)OC(=O)c3ccc([N+](=O)[O-])cc3)=C(S[C@@H]3CCN(CC4CCNCC4)C3)[C@H](C)[C@H]12. The third-order valence-corrected chi connectivity index (χ3v) is 20.5. The number of rotatable bonds is 16. The second-order valence-corrected chi connectivity index (χ2v) is 27.3. The average molecular weight is 1220 g/mol. The first-order valence-corrected chi connectivity index (χ1v) is 31.0. The van der Waals surface area contributed by atoms with Gasteiger partial charge in [0.25, 0.3) is 11.4 Å². The Hall–Kier alpha value is -6.29. The molecular weight excluding hydrogens is 1140 g/mol. The molecule has 26 heteroatoms. The highest BCUT2D eigenvalue weighted by Gasteiger charge is 2.62. The average Bonchev–Trinajstić information content (AvgIpc) is 1.63. The van der Waals surface area contributed by atoms with Gasteiger partial charge in [-0.15, -0.1) is 23.5 Å². The number of piperidine rings is 2. The molecule has 0 aliphatic carbocycles. The minimum absolute atomic E-state index is 0.00695. The molecule has 3 N–H and O–H groups in total. The number of esters is 4. The standard InChI is InChI=1S/C32H42N4O9S.C27H34N4O7S/c1-18-25-24(19(2)37)28(38)35(25)26(30(40)44-29(39)21-6-8-22(9-7-21)36(42)43)27(18)46-23-12-13-33(17-23)16-20-10-14-34(15-11-20)31(41)45-32(3,4)5;1-15-22-21(16(2)32)25(33)30(22)23(27(35)38-26(34)18-3-5-19(6-4-18)31(36)37)24(15)39-20-9-12-29(14-20)13-17-7-10-28-11-8-17/h6-9,18-20,23-25,37H,10-17H2,1-5H3;3-6,15-17,20-22,28,32H,7-14H2,1-2H3/t18-,19-,23-,24-,25-;15-,16-,20-,21-,22-/m11/s1. The van der Waals surface area contributed by atoms with Crippen molar-refractivity contribution >= 4 is 76.7 Å². The number of aliphatic hydroxyl groups excluding tert-OH is 2. The van der Waals surface area contributed by atoms with Crippen molar-refractivity contribution in [2.75, 3.05) is 65.4 Å². The normalized spacial score (nSPS) is 27.1. The number of fused-ring (bicyclic) bond motifs is 2. The Balaban J connectivity index is 0.000000206. The molecule has 6 fully saturated rings. The lowest BCUT2D eigenvalue weighted by molar-refractivity contribution is -0.385. The fraction of sp³-hybridized carbons (Fsp3) is 0.610. The van der Waals surface area contributed by atoms with Crippen molar-refractivity contribution < 1.29 is 67.8 Å². The van der Waals surface area contributed by atoms with Crippen molar-refractivity contribution in [3.63, 3.8) is 0 Å². The number of amides is 3. The molecule has 85 heavy (non-hydrogen) atoms. The van der Waals surface area contributed by atoms with Gasteiger partial charge in [0.1, 0.15) is 17.0 Å². The molecule has 0 spiro atoms. The van der Waals surface area contributed by atoms with Crippen LogP contribution in [0.25, 0.3) is 0 Å². The molecule has 460 valence electrons. The number of nitrogens with one attached hydrogen (secondary N) is 1. The summed E-state index contributed by atoms with van der Waals surface area (Å²) in [5, 5.41) is 46.2. The summed E-state index contributed by atoms with van der Waals surface area (Å²) in [5.41, 5.74) is -0.845. The molecule has 10 atom stereocenters. The minimum Gasteiger partial charge on any atom is -0.444 e. The second-order valence-electron chi connectivity index (χ2n) is 24.6. The van der Waals surface area contributed by atoms with E-state index in [0.29, 0.717) is 34.7 Å². The summed E-state index contributed by atoms with van der Waals surface area (Å²) in [6, 6.07) is 8.72. The zero-order valence-electron chi connectivity index (χ0n) is 48.9. The summed E-state index contributed by atoms with van der Waals surface area (Å²) in [7, 11) is 0. The fourth-order valence-electron chi connectivity index (χ4n) is 13.1. The van der Waals surface area contributed by atoms with Crippen LogP contribution in [0.5, 0.6) is 0 Å². The summed E-state index contributed by atoms with van der Waals surface area (Å²) in [5.74, 6) is -5.12. The first-order valence-electron chi connectivity index (χ1n) is 29.3. The summed E-state index contributed by atoms with van der Waals surface area (Å²) in [6.07, 6.45) is 3.94. The third kappa shape index (κ3) is 13.9. The zero-order valence-corrected chi connectivity index (χ0v) is 50.6. The maximum absolute atomic E-state index is 13.5. The van der Waals surface area contributed by atoms with Crippen LogP contribution >= 0.6 is 23.5 Å². The van der Waals surface area contributed by atoms with Gasteiger partial charge in [-0.1, -0.05) is 13.8 Å². The van der Waals surface area contributed by atoms with E-state index in [0.717, 1.165) is 102 Å². The Kier molecular flexibility index (Phi) is 19.6. The Morgan fingerprint density at radius 3 is 1.38 bits per heavy atom. The number of non-ortho nitro benzene ring substituents is 2. The van der Waals surface area contributed by atoms with E-state index in [1.807, 2.05) is 34.6 Å². The van der Waals surface area contributed by atoms with Gasteiger partial charge in [0.2, 0.25) is 11.8 Å². The van der Waals surface area contributed by atoms with Gasteiger partial charge in [-0.25, -0.2) is 24.0 Å². The maximum Gasteiger partial charge on any atom is 0.410 e. The molecule has 0 saturated carbocycles. The molecule has 6 saturated heterocycles. The van der Waals surface area contributed by atoms with Crippen molar-refractivity contribution in [1.29, 1.82) is 0 Å². The Morgan fingerprint density at radius 2 is 1.01 bits per heavy atom. The first kappa shape index (κ1) is 63.2. The molecule has 8 aliphatic heterocycles. The number of hydrogen-bond acceptors (Lipinski definition) is 21. The van der Waals surface area contributed by atoms with E-state index in [2.05, 4.69) is 15.1 Å². The lowest BCUT2D eigenvalue weighted by Crippen LogP contribution is -2.63. The molecule has 8 heterocycles. The minimum atomic E-state index is -0.974. The van der Waals surface area contributed by atoms with Gasteiger partial charge in [0, 0.05) is 95.7 Å². The monoisotopic (exact) mass is 1220 g/mol. The van der Waals surface area contributed by atoms with Crippen molar-refractivity contribution in [3.8, 4) is 0 Å². The van der Waals surface area contributed by atoms with Crippen molar-refractivity contribution in [3.05, 3.63) is 101 Å². The molecule has 0 aromatic heterocycles. The number of nitrogens with zero attached hydrogens (tertiary/aromatic N) is 7. The molecule has 0 radical (unpaired) electrons. The number of carbonyl (C=O) groups is 7. The van der Waals surface area contributed by atoms with E-state index in [1.165, 1.54) is 58.7 Å². The fourth-order valence-corrected chi connectivity index (χ4v) is 16.1. The van der Waals surface area contributed by atoms with Gasteiger partial charge in [-0.05, 0) is 135 Å². The Bertz CT molecular complexity index is 2990. The Labute approximate surface area is 501 Å². The van der Waals surface area contributed by atoms with Crippen LogP contribution in [0, 0.1) is 55.7 Å². The smallest absolute Gasteiger partial charge is 0.410 e. The molecule has 2 aromatic carbocycles. The molecule has 3 amide bonds. The van der Waals surface area contributed by atoms with Crippen molar-refractivity contribution in [2.24, 2.45) is 35.5 Å². The van der Waals surface area contributed by atoms with Crippen LogP contribution in [0.15, 0.2) is 69.7 Å². The highest BCUT2D eigenvalue weighted by atomic mass is 32.2. The van der Waals surface area contributed by atoms with Gasteiger partial charge in [-0.3, -0.25) is 29.8 Å². The number of hydrogen-bond donors (Lipinski definition) is 3. The maximum atomic E-state index is 13.5. The molecule has 0 bridgehead atoms. The number of ether oxygens (including phenoxy) is 3. The number of nitro groups is 2.